The summed E-state index contributed by atoms with van der Waals surface area (Å²) in [5, 5.41) is 6.04. The van der Waals surface area contributed by atoms with Gasteiger partial charge in [-0.05, 0) is 85.7 Å². The maximum absolute atomic E-state index is 6.22. The zero-order chi connectivity index (χ0) is 32.6. The van der Waals surface area contributed by atoms with Gasteiger partial charge in [-0.15, -0.1) is 0 Å². The molecule has 0 fully saturated rings. The average molecular weight is 612 g/mol. The number of hydrogen-bond donors (Lipinski definition) is 1. The SMILES string of the molecule is CC(C)(C)c1ccc(C2(c3ccc(C(C)(C)C)cc3)c3ccccc3-c3ccc(Nc4cccc5oc6ccccc6c45)cc32)cc1. The Hall–Kier alpha value is -5.08. The highest BCUT2D eigenvalue weighted by Crippen LogP contribution is 2.57. The normalized spacial score (nSPS) is 13.9. The van der Waals surface area contributed by atoms with E-state index in [2.05, 4.69) is 162 Å². The molecule has 1 aliphatic rings. The lowest BCUT2D eigenvalue weighted by Crippen LogP contribution is -2.29. The van der Waals surface area contributed by atoms with Crippen LogP contribution in [0, 0.1) is 0 Å². The van der Waals surface area contributed by atoms with Crippen LogP contribution >= 0.6 is 0 Å². The molecule has 0 saturated carbocycles. The fourth-order valence-corrected chi connectivity index (χ4v) is 7.62. The predicted molar refractivity (Wildman–Crippen MR) is 198 cm³/mol. The molecule has 7 aromatic rings. The van der Waals surface area contributed by atoms with Gasteiger partial charge in [-0.3, -0.25) is 0 Å². The van der Waals surface area contributed by atoms with Crippen molar-refractivity contribution in [3.8, 4) is 11.1 Å². The fraction of sp³-hybridized carbons (Fsp3) is 0.200. The fourth-order valence-electron chi connectivity index (χ4n) is 7.62. The van der Waals surface area contributed by atoms with Crippen molar-refractivity contribution in [3.63, 3.8) is 0 Å². The molecule has 0 aliphatic heterocycles. The summed E-state index contributed by atoms with van der Waals surface area (Å²) in [5.74, 6) is 0. The van der Waals surface area contributed by atoms with Crippen LogP contribution in [0.5, 0.6) is 0 Å². The second kappa shape index (κ2) is 10.5. The lowest BCUT2D eigenvalue weighted by molar-refractivity contribution is 0.588. The maximum atomic E-state index is 6.22. The van der Waals surface area contributed by atoms with Gasteiger partial charge in [0.15, 0.2) is 0 Å². The third-order valence-electron chi connectivity index (χ3n) is 10.1. The summed E-state index contributed by atoms with van der Waals surface area (Å²) in [7, 11) is 0. The highest BCUT2D eigenvalue weighted by Gasteiger charge is 2.46. The van der Waals surface area contributed by atoms with Crippen LogP contribution < -0.4 is 5.32 Å². The second-order valence-corrected chi connectivity index (χ2v) is 15.1. The molecule has 2 nitrogen and oxygen atoms in total. The van der Waals surface area contributed by atoms with Gasteiger partial charge in [-0.1, -0.05) is 145 Å². The van der Waals surface area contributed by atoms with E-state index in [1.807, 2.05) is 18.2 Å². The molecule has 0 spiro atoms. The minimum absolute atomic E-state index is 0.0703. The molecule has 1 aromatic heterocycles. The number of nitrogens with one attached hydrogen (secondary N) is 1. The van der Waals surface area contributed by atoms with Crippen LogP contribution in [0.1, 0.15) is 74.9 Å². The Morgan fingerprint density at radius 3 is 1.74 bits per heavy atom. The molecule has 0 bridgehead atoms. The first kappa shape index (κ1) is 29.3. The standard InChI is InChI=1S/C45H41NO/c1-43(2,3)29-18-22-31(23-19-29)45(32-24-20-30(21-25-32)44(4,5)6)37-14-9-7-12-34(37)35-27-26-33(28-38(35)45)46-39-15-11-17-41-42(39)36-13-8-10-16-40(36)47-41/h7-28,46H,1-6H3. The zero-order valence-electron chi connectivity index (χ0n) is 28.1. The van der Waals surface area contributed by atoms with Crippen molar-refractivity contribution in [1.82, 2.24) is 0 Å². The first-order chi connectivity index (χ1) is 22.5. The number of fused-ring (bicyclic) bond motifs is 6. The summed E-state index contributed by atoms with van der Waals surface area (Å²) >= 11 is 0. The van der Waals surface area contributed by atoms with Crippen LogP contribution in [0.3, 0.4) is 0 Å². The topological polar surface area (TPSA) is 25.2 Å². The molecule has 47 heavy (non-hydrogen) atoms. The molecule has 8 rings (SSSR count). The quantitative estimate of drug-likeness (QED) is 0.214. The molecule has 0 saturated heterocycles. The van der Waals surface area contributed by atoms with Gasteiger partial charge >= 0.3 is 0 Å². The molecule has 2 heteroatoms. The van der Waals surface area contributed by atoms with Gasteiger partial charge in [-0.25, -0.2) is 0 Å². The van der Waals surface area contributed by atoms with Gasteiger partial charge in [0.1, 0.15) is 11.2 Å². The van der Waals surface area contributed by atoms with E-state index in [1.165, 1.54) is 44.5 Å². The Bertz CT molecular complexity index is 2210. The summed E-state index contributed by atoms with van der Waals surface area (Å²) < 4.78 is 6.22. The van der Waals surface area contributed by atoms with Crippen molar-refractivity contribution < 1.29 is 4.42 Å². The van der Waals surface area contributed by atoms with Gasteiger partial charge in [-0.2, -0.15) is 0 Å². The Balaban J connectivity index is 1.36. The monoisotopic (exact) mass is 611 g/mol. The van der Waals surface area contributed by atoms with Crippen LogP contribution in [0.25, 0.3) is 33.1 Å². The molecule has 1 aliphatic carbocycles. The number of rotatable bonds is 4. The van der Waals surface area contributed by atoms with Gasteiger partial charge in [0.2, 0.25) is 0 Å². The first-order valence-electron chi connectivity index (χ1n) is 16.7. The first-order valence-corrected chi connectivity index (χ1v) is 16.7. The van der Waals surface area contributed by atoms with Crippen molar-refractivity contribution in [2.75, 3.05) is 5.32 Å². The van der Waals surface area contributed by atoms with E-state index < -0.39 is 5.41 Å². The van der Waals surface area contributed by atoms with Crippen LogP contribution in [0.2, 0.25) is 0 Å². The minimum atomic E-state index is -0.481. The summed E-state index contributed by atoms with van der Waals surface area (Å²) in [5.41, 5.74) is 13.9. The van der Waals surface area contributed by atoms with Gasteiger partial charge in [0.05, 0.1) is 16.5 Å². The second-order valence-electron chi connectivity index (χ2n) is 15.1. The van der Waals surface area contributed by atoms with Crippen molar-refractivity contribution in [2.45, 2.75) is 57.8 Å². The smallest absolute Gasteiger partial charge is 0.137 e. The third kappa shape index (κ3) is 4.61. The van der Waals surface area contributed by atoms with Crippen LogP contribution in [0.15, 0.2) is 138 Å². The number of hydrogen-bond acceptors (Lipinski definition) is 2. The summed E-state index contributed by atoms with van der Waals surface area (Å²) in [6, 6.07) is 49.2. The van der Waals surface area contributed by atoms with Gasteiger partial charge in [0, 0.05) is 11.1 Å². The maximum Gasteiger partial charge on any atom is 0.137 e. The van der Waals surface area contributed by atoms with E-state index in [0.29, 0.717) is 0 Å². The molecular formula is C45H41NO. The number of anilines is 2. The lowest BCUT2D eigenvalue weighted by atomic mass is 9.67. The summed E-state index contributed by atoms with van der Waals surface area (Å²) in [4.78, 5) is 0. The Morgan fingerprint density at radius 1 is 0.511 bits per heavy atom. The average Bonchev–Trinajstić information content (AvgIpc) is 3.58. The molecule has 1 N–H and O–H groups in total. The van der Waals surface area contributed by atoms with Gasteiger partial charge < -0.3 is 9.73 Å². The van der Waals surface area contributed by atoms with Crippen LogP contribution in [-0.2, 0) is 16.2 Å². The molecule has 232 valence electrons. The van der Waals surface area contributed by atoms with E-state index >= 15 is 0 Å². The molecule has 0 amide bonds. The molecular weight excluding hydrogens is 571 g/mol. The van der Waals surface area contributed by atoms with Crippen molar-refractivity contribution >= 4 is 33.3 Å². The number of para-hydroxylation sites is 1. The minimum Gasteiger partial charge on any atom is -0.456 e. The van der Waals surface area contributed by atoms with E-state index in [1.54, 1.807) is 0 Å². The van der Waals surface area contributed by atoms with Crippen molar-refractivity contribution in [1.29, 1.82) is 0 Å². The molecule has 0 unspecified atom stereocenters. The summed E-state index contributed by atoms with van der Waals surface area (Å²) in [6.45, 7) is 13.7. The molecule has 0 radical (unpaired) electrons. The van der Waals surface area contributed by atoms with Crippen LogP contribution in [-0.4, -0.2) is 0 Å². The Morgan fingerprint density at radius 2 is 1.09 bits per heavy atom. The van der Waals surface area contributed by atoms with Gasteiger partial charge in [0.25, 0.3) is 0 Å². The molecule has 6 aromatic carbocycles. The van der Waals surface area contributed by atoms with Crippen molar-refractivity contribution in [2.24, 2.45) is 0 Å². The Kier molecular flexibility index (Phi) is 6.53. The highest BCUT2D eigenvalue weighted by atomic mass is 16.3. The van der Waals surface area contributed by atoms with E-state index in [9.17, 15) is 0 Å². The Labute approximate surface area is 278 Å². The molecule has 0 atom stereocenters. The van der Waals surface area contributed by atoms with E-state index in [4.69, 9.17) is 4.42 Å². The molecule has 1 heterocycles. The third-order valence-corrected chi connectivity index (χ3v) is 10.1. The highest BCUT2D eigenvalue weighted by molar-refractivity contribution is 6.12. The predicted octanol–water partition coefficient (Wildman–Crippen LogP) is 12.3. The summed E-state index contributed by atoms with van der Waals surface area (Å²) in [6.07, 6.45) is 0. The number of furan rings is 1. The largest absolute Gasteiger partial charge is 0.456 e. The number of benzene rings is 6. The lowest BCUT2D eigenvalue weighted by Gasteiger charge is -2.35. The van der Waals surface area contributed by atoms with E-state index in [-0.39, 0.29) is 10.8 Å². The van der Waals surface area contributed by atoms with Crippen molar-refractivity contribution in [3.05, 3.63) is 167 Å². The van der Waals surface area contributed by atoms with E-state index in [0.717, 1.165) is 33.3 Å². The zero-order valence-corrected chi connectivity index (χ0v) is 28.1. The van der Waals surface area contributed by atoms with Crippen LogP contribution in [0.4, 0.5) is 11.4 Å².